The molecule has 0 saturated carbocycles. The zero-order valence-electron chi connectivity index (χ0n) is 19.4. The normalized spacial score (nSPS) is 29.5. The molecule has 3 amide bonds. The average Bonchev–Trinajstić information content (AvgIpc) is 3.57. The Kier molecular flexibility index (Phi) is 5.31. The number of rotatable bonds is 4. The SMILES string of the molecule is CNC(=O)c1cc(NC(=O)C23CCC(O2)C2C=CC=CC23)c2n1CC(=O)NC2c1cc(F)ccc1Cl. The van der Waals surface area contributed by atoms with Gasteiger partial charge in [-0.15, -0.1) is 0 Å². The Hall–Kier alpha value is -3.43. The number of aromatic nitrogens is 1. The number of ether oxygens (including phenoxy) is 1. The van der Waals surface area contributed by atoms with Crippen molar-refractivity contribution in [2.75, 3.05) is 12.4 Å². The lowest BCUT2D eigenvalue weighted by Crippen LogP contribution is -2.48. The first-order valence-corrected chi connectivity index (χ1v) is 12.2. The minimum Gasteiger partial charge on any atom is -0.361 e. The van der Waals surface area contributed by atoms with Crippen LogP contribution >= 0.6 is 11.6 Å². The zero-order valence-corrected chi connectivity index (χ0v) is 20.1. The molecule has 1 aromatic heterocycles. The van der Waals surface area contributed by atoms with Crippen LogP contribution in [0.5, 0.6) is 0 Å². The summed E-state index contributed by atoms with van der Waals surface area (Å²) in [7, 11) is 1.48. The molecule has 0 radical (unpaired) electrons. The molecule has 0 spiro atoms. The van der Waals surface area contributed by atoms with E-state index in [1.807, 2.05) is 18.2 Å². The molecule has 6 rings (SSSR count). The number of carbonyl (C=O) groups is 3. The van der Waals surface area contributed by atoms with Gasteiger partial charge in [0.15, 0.2) is 5.60 Å². The molecular weight excluding hydrogens is 487 g/mol. The van der Waals surface area contributed by atoms with Crippen LogP contribution in [0.2, 0.25) is 5.02 Å². The molecule has 5 unspecified atom stereocenters. The third-order valence-corrected chi connectivity index (χ3v) is 8.03. The van der Waals surface area contributed by atoms with E-state index in [4.69, 9.17) is 16.3 Å². The number of nitrogens with one attached hydrogen (secondary N) is 3. The Morgan fingerprint density at radius 1 is 1.25 bits per heavy atom. The minimum atomic E-state index is -1.03. The maximum Gasteiger partial charge on any atom is 0.267 e. The van der Waals surface area contributed by atoms with Crippen molar-refractivity contribution in [1.82, 2.24) is 15.2 Å². The third-order valence-electron chi connectivity index (χ3n) is 7.69. The Morgan fingerprint density at radius 2 is 2.06 bits per heavy atom. The molecule has 4 heterocycles. The molecule has 8 nitrogen and oxygen atoms in total. The van der Waals surface area contributed by atoms with Crippen molar-refractivity contribution >= 4 is 35.0 Å². The lowest BCUT2D eigenvalue weighted by Gasteiger charge is -2.34. The molecule has 2 bridgehead atoms. The van der Waals surface area contributed by atoms with Gasteiger partial charge in [-0.25, -0.2) is 4.39 Å². The molecule has 1 aliphatic carbocycles. The van der Waals surface area contributed by atoms with Gasteiger partial charge in [0.25, 0.3) is 11.8 Å². The van der Waals surface area contributed by atoms with Crippen LogP contribution in [0.1, 0.15) is 40.6 Å². The Bertz CT molecular complexity index is 1370. The number of hydrogen-bond acceptors (Lipinski definition) is 4. The molecule has 3 aliphatic heterocycles. The van der Waals surface area contributed by atoms with Crippen LogP contribution in [0.25, 0.3) is 0 Å². The number of carbonyl (C=O) groups excluding carboxylic acids is 3. The number of benzene rings is 1. The molecule has 2 saturated heterocycles. The fourth-order valence-electron chi connectivity index (χ4n) is 6.09. The van der Waals surface area contributed by atoms with E-state index < -0.39 is 23.4 Å². The van der Waals surface area contributed by atoms with Gasteiger partial charge in [-0.2, -0.15) is 0 Å². The van der Waals surface area contributed by atoms with E-state index in [9.17, 15) is 18.8 Å². The van der Waals surface area contributed by atoms with Crippen LogP contribution in [0.4, 0.5) is 10.1 Å². The molecule has 3 N–H and O–H groups in total. The molecule has 1 aromatic carbocycles. The van der Waals surface area contributed by atoms with Crippen LogP contribution in [0.3, 0.4) is 0 Å². The van der Waals surface area contributed by atoms with Gasteiger partial charge in [0.2, 0.25) is 5.91 Å². The summed E-state index contributed by atoms with van der Waals surface area (Å²) >= 11 is 6.40. The van der Waals surface area contributed by atoms with E-state index in [0.717, 1.165) is 6.42 Å². The maximum atomic E-state index is 14.2. The first kappa shape index (κ1) is 23.0. The van der Waals surface area contributed by atoms with Crippen molar-refractivity contribution in [3.8, 4) is 0 Å². The van der Waals surface area contributed by atoms with Crippen molar-refractivity contribution in [3.63, 3.8) is 0 Å². The highest BCUT2D eigenvalue weighted by Crippen LogP contribution is 2.54. The maximum absolute atomic E-state index is 14.2. The molecular formula is C26H24ClFN4O4. The van der Waals surface area contributed by atoms with Crippen molar-refractivity contribution in [2.24, 2.45) is 11.8 Å². The van der Waals surface area contributed by atoms with Gasteiger partial charge in [-0.05, 0) is 37.1 Å². The average molecular weight is 511 g/mol. The quantitative estimate of drug-likeness (QED) is 0.588. The number of hydrogen-bond donors (Lipinski definition) is 3. The second-order valence-corrected chi connectivity index (χ2v) is 9.98. The summed E-state index contributed by atoms with van der Waals surface area (Å²) in [5.41, 5.74) is 0.266. The summed E-state index contributed by atoms with van der Waals surface area (Å²) in [6, 6.07) is 4.53. The van der Waals surface area contributed by atoms with E-state index in [0.29, 0.717) is 23.4 Å². The van der Waals surface area contributed by atoms with E-state index in [2.05, 4.69) is 22.0 Å². The van der Waals surface area contributed by atoms with Crippen molar-refractivity contribution in [3.05, 3.63) is 76.4 Å². The largest absolute Gasteiger partial charge is 0.361 e. The number of fused-ring (bicyclic) bond motifs is 6. The highest BCUT2D eigenvalue weighted by Gasteiger charge is 2.62. The van der Waals surface area contributed by atoms with E-state index in [-0.39, 0.29) is 47.0 Å². The first-order valence-electron chi connectivity index (χ1n) is 11.9. The van der Waals surface area contributed by atoms with Crippen LogP contribution in [0, 0.1) is 17.7 Å². The minimum absolute atomic E-state index is 0.0236. The first-order chi connectivity index (χ1) is 17.3. The van der Waals surface area contributed by atoms with Crippen molar-refractivity contribution < 1.29 is 23.5 Å². The van der Waals surface area contributed by atoms with Gasteiger partial charge >= 0.3 is 0 Å². The monoisotopic (exact) mass is 510 g/mol. The molecule has 186 valence electrons. The fraction of sp³-hybridized carbons (Fsp3) is 0.346. The Labute approximate surface area is 211 Å². The van der Waals surface area contributed by atoms with Crippen LogP contribution in [0.15, 0.2) is 48.6 Å². The predicted octanol–water partition coefficient (Wildman–Crippen LogP) is 3.09. The van der Waals surface area contributed by atoms with Gasteiger partial charge in [0.05, 0.1) is 23.5 Å². The molecule has 10 heteroatoms. The van der Waals surface area contributed by atoms with Crippen LogP contribution in [-0.4, -0.2) is 41.0 Å². The highest BCUT2D eigenvalue weighted by molar-refractivity contribution is 6.31. The topological polar surface area (TPSA) is 101 Å². The van der Waals surface area contributed by atoms with Crippen molar-refractivity contribution in [1.29, 1.82) is 0 Å². The predicted molar refractivity (Wildman–Crippen MR) is 130 cm³/mol. The molecule has 5 atom stereocenters. The summed E-state index contributed by atoms with van der Waals surface area (Å²) in [6.07, 6.45) is 9.35. The fourth-order valence-corrected chi connectivity index (χ4v) is 6.32. The summed E-state index contributed by atoms with van der Waals surface area (Å²) in [4.78, 5) is 39.2. The van der Waals surface area contributed by atoms with Gasteiger partial charge in [0.1, 0.15) is 18.1 Å². The summed E-state index contributed by atoms with van der Waals surface area (Å²) in [6.45, 7) is -0.140. The highest BCUT2D eigenvalue weighted by atomic mass is 35.5. The number of allylic oxidation sites excluding steroid dienone is 2. The zero-order chi connectivity index (χ0) is 25.2. The van der Waals surface area contributed by atoms with Gasteiger partial charge in [-0.3, -0.25) is 14.4 Å². The second kappa shape index (κ2) is 8.31. The molecule has 4 aliphatic rings. The van der Waals surface area contributed by atoms with Gasteiger partial charge in [0, 0.05) is 29.5 Å². The van der Waals surface area contributed by atoms with Crippen LogP contribution < -0.4 is 16.0 Å². The summed E-state index contributed by atoms with van der Waals surface area (Å²) in [5, 5.41) is 8.66. The lowest BCUT2D eigenvalue weighted by atomic mass is 9.69. The Morgan fingerprint density at radius 3 is 2.86 bits per heavy atom. The number of amides is 3. The number of halogens is 2. The summed E-state index contributed by atoms with van der Waals surface area (Å²) in [5.74, 6) is -1.58. The number of nitrogens with zero attached hydrogens (tertiary/aromatic N) is 1. The van der Waals surface area contributed by atoms with Crippen LogP contribution in [-0.2, 0) is 20.9 Å². The second-order valence-electron chi connectivity index (χ2n) is 9.57. The molecule has 36 heavy (non-hydrogen) atoms. The lowest BCUT2D eigenvalue weighted by molar-refractivity contribution is -0.136. The third kappa shape index (κ3) is 3.33. The summed E-state index contributed by atoms with van der Waals surface area (Å²) < 4.78 is 22.0. The van der Waals surface area contributed by atoms with Crippen molar-refractivity contribution in [2.45, 2.75) is 37.1 Å². The molecule has 2 fully saturated rings. The van der Waals surface area contributed by atoms with Gasteiger partial charge < -0.3 is 25.3 Å². The van der Waals surface area contributed by atoms with Gasteiger partial charge in [-0.1, -0.05) is 35.9 Å². The number of anilines is 1. The van der Waals surface area contributed by atoms with E-state index in [1.54, 1.807) is 6.07 Å². The standard InChI is InChI=1S/C26H24ClFN4O4/c1-29-24(34)19-11-18(30-25(35)26-9-8-20(36-26)14-4-2-3-5-16(14)26)23-22(31-21(33)12-32(19)23)15-10-13(28)6-7-17(15)27/h2-7,10-11,14,16,20,22H,8-9,12H2,1H3,(H,29,34)(H,30,35)(H,31,33). The van der Waals surface area contributed by atoms with E-state index >= 15 is 0 Å². The molecule has 2 aromatic rings. The smallest absolute Gasteiger partial charge is 0.267 e. The van der Waals surface area contributed by atoms with E-state index in [1.165, 1.54) is 29.8 Å². The Balaban J connectivity index is 1.44.